The fourth-order valence-corrected chi connectivity index (χ4v) is 1.08. The number of hydrogen-bond donors (Lipinski definition) is 2. The van der Waals surface area contributed by atoms with Gasteiger partial charge in [-0.3, -0.25) is 9.59 Å². The Morgan fingerprint density at radius 2 is 2.33 bits per heavy atom. The molecule has 0 saturated carbocycles. The molecule has 0 aromatic heterocycles. The van der Waals surface area contributed by atoms with Crippen molar-refractivity contribution in [1.29, 1.82) is 0 Å². The number of amides is 1. The average Bonchev–Trinajstić information content (AvgIpc) is 2.26. The van der Waals surface area contributed by atoms with Gasteiger partial charge >= 0.3 is 5.97 Å². The molecular weight excluding hydrogens is 224 g/mol. The Labute approximate surface area is 94.1 Å². The Bertz CT molecular complexity index is 219. The third kappa shape index (κ3) is 4.96. The lowest BCUT2D eigenvalue weighted by Gasteiger charge is -2.22. The van der Waals surface area contributed by atoms with Crippen LogP contribution in [0, 0.1) is 0 Å². The molecule has 0 bridgehead atoms. The van der Waals surface area contributed by atoms with E-state index in [1.807, 2.05) is 0 Å². The van der Waals surface area contributed by atoms with Crippen molar-refractivity contribution in [3.05, 3.63) is 0 Å². The Hall–Kier alpha value is -0.850. The zero-order chi connectivity index (χ0) is 10.4. The lowest BCUT2D eigenvalue weighted by Crippen LogP contribution is -2.48. The van der Waals surface area contributed by atoms with Gasteiger partial charge in [0.15, 0.2) is 0 Å². The zero-order valence-corrected chi connectivity index (χ0v) is 9.26. The van der Waals surface area contributed by atoms with Crippen LogP contribution < -0.4 is 10.6 Å². The minimum atomic E-state index is -0.506. The van der Waals surface area contributed by atoms with Gasteiger partial charge in [-0.15, -0.1) is 12.4 Å². The van der Waals surface area contributed by atoms with Crippen molar-refractivity contribution in [2.24, 2.45) is 0 Å². The molecule has 0 spiro atoms. The monoisotopic (exact) mass is 238 g/mol. The van der Waals surface area contributed by atoms with E-state index in [4.69, 9.17) is 4.74 Å². The van der Waals surface area contributed by atoms with Gasteiger partial charge in [0.05, 0.1) is 13.7 Å². The van der Waals surface area contributed by atoms with Crippen molar-refractivity contribution in [2.45, 2.75) is 6.10 Å². The Balaban J connectivity index is 0.00000196. The van der Waals surface area contributed by atoms with Crippen LogP contribution in [-0.2, 0) is 19.1 Å². The van der Waals surface area contributed by atoms with Crippen LogP contribution in [0.2, 0.25) is 0 Å². The molecule has 1 aliphatic rings. The maximum absolute atomic E-state index is 11.3. The van der Waals surface area contributed by atoms with Crippen LogP contribution in [0.15, 0.2) is 0 Å². The largest absolute Gasteiger partial charge is 0.468 e. The number of carbonyl (C=O) groups is 2. The van der Waals surface area contributed by atoms with Crippen molar-refractivity contribution < 1.29 is 19.1 Å². The number of hydrogen-bond acceptors (Lipinski definition) is 5. The van der Waals surface area contributed by atoms with E-state index >= 15 is 0 Å². The summed E-state index contributed by atoms with van der Waals surface area (Å²) < 4.78 is 9.56. The summed E-state index contributed by atoms with van der Waals surface area (Å²) in [6.07, 6.45) is -0.506. The summed E-state index contributed by atoms with van der Waals surface area (Å²) in [7, 11) is 1.27. The molecule has 6 nitrogen and oxygen atoms in total. The van der Waals surface area contributed by atoms with Gasteiger partial charge in [0.2, 0.25) is 0 Å². The zero-order valence-electron chi connectivity index (χ0n) is 8.45. The van der Waals surface area contributed by atoms with Crippen LogP contribution in [0.1, 0.15) is 0 Å². The maximum Gasteiger partial charge on any atom is 0.325 e. The first kappa shape index (κ1) is 14.2. The van der Waals surface area contributed by atoms with Gasteiger partial charge in [0.25, 0.3) is 5.91 Å². The van der Waals surface area contributed by atoms with Crippen molar-refractivity contribution >= 4 is 24.3 Å². The SMILES string of the molecule is COC(=O)CNC(=O)C1CNCCO1.Cl. The van der Waals surface area contributed by atoms with Crippen LogP contribution in [0.3, 0.4) is 0 Å². The molecular formula is C8H15ClN2O4. The van der Waals surface area contributed by atoms with Gasteiger partial charge in [0, 0.05) is 13.1 Å². The molecule has 1 rings (SSSR count). The third-order valence-electron chi connectivity index (χ3n) is 1.85. The van der Waals surface area contributed by atoms with E-state index in [1.54, 1.807) is 0 Å². The van der Waals surface area contributed by atoms with Crippen molar-refractivity contribution in [3.8, 4) is 0 Å². The van der Waals surface area contributed by atoms with Crippen LogP contribution in [0.4, 0.5) is 0 Å². The van der Waals surface area contributed by atoms with Crippen LogP contribution >= 0.6 is 12.4 Å². The molecule has 88 valence electrons. The normalized spacial score (nSPS) is 19.9. The number of morpholine rings is 1. The quantitative estimate of drug-likeness (QED) is 0.597. The summed E-state index contributed by atoms with van der Waals surface area (Å²) >= 11 is 0. The Morgan fingerprint density at radius 3 is 2.87 bits per heavy atom. The molecule has 15 heavy (non-hydrogen) atoms. The van der Waals surface area contributed by atoms with E-state index in [0.717, 1.165) is 6.54 Å². The van der Waals surface area contributed by atoms with Gasteiger partial charge < -0.3 is 20.1 Å². The summed E-state index contributed by atoms with van der Waals surface area (Å²) in [5.41, 5.74) is 0. The van der Waals surface area contributed by atoms with E-state index < -0.39 is 12.1 Å². The molecule has 2 N–H and O–H groups in total. The van der Waals surface area contributed by atoms with E-state index in [9.17, 15) is 9.59 Å². The molecule has 0 aromatic carbocycles. The number of rotatable bonds is 3. The van der Waals surface area contributed by atoms with Crippen LogP contribution in [0.5, 0.6) is 0 Å². The highest BCUT2D eigenvalue weighted by Gasteiger charge is 2.21. The van der Waals surface area contributed by atoms with Crippen LogP contribution in [0.25, 0.3) is 0 Å². The molecule has 1 atom stereocenters. The smallest absolute Gasteiger partial charge is 0.325 e. The first-order chi connectivity index (χ1) is 6.74. The second-order valence-corrected chi connectivity index (χ2v) is 2.86. The Kier molecular flexibility index (Phi) is 7.02. The fourth-order valence-electron chi connectivity index (χ4n) is 1.08. The number of ether oxygens (including phenoxy) is 2. The second-order valence-electron chi connectivity index (χ2n) is 2.86. The number of nitrogens with one attached hydrogen (secondary N) is 2. The molecule has 1 fully saturated rings. The highest BCUT2D eigenvalue weighted by molar-refractivity contribution is 5.85. The highest BCUT2D eigenvalue weighted by Crippen LogP contribution is 1.95. The predicted octanol–water partition coefficient (Wildman–Crippen LogP) is -1.31. The predicted molar refractivity (Wildman–Crippen MR) is 54.9 cm³/mol. The molecule has 1 aliphatic heterocycles. The van der Waals surface area contributed by atoms with Gasteiger partial charge in [-0.25, -0.2) is 0 Å². The molecule has 1 unspecified atom stereocenters. The number of halogens is 1. The summed E-state index contributed by atoms with van der Waals surface area (Å²) in [5, 5.41) is 5.44. The maximum atomic E-state index is 11.3. The van der Waals surface area contributed by atoms with E-state index in [2.05, 4.69) is 15.4 Å². The number of esters is 1. The highest BCUT2D eigenvalue weighted by atomic mass is 35.5. The molecule has 0 radical (unpaired) electrons. The lowest BCUT2D eigenvalue weighted by atomic mass is 10.3. The summed E-state index contributed by atoms with van der Waals surface area (Å²) in [6, 6.07) is 0. The minimum absolute atomic E-state index is 0. The van der Waals surface area contributed by atoms with Crippen LogP contribution in [-0.4, -0.2) is 51.3 Å². The van der Waals surface area contributed by atoms with Gasteiger partial charge in [0.1, 0.15) is 12.6 Å². The standard InChI is InChI=1S/C8H14N2O4.ClH/c1-13-7(11)5-10-8(12)6-4-9-2-3-14-6;/h6,9H,2-5H2,1H3,(H,10,12);1H. The Morgan fingerprint density at radius 1 is 1.60 bits per heavy atom. The topological polar surface area (TPSA) is 76.7 Å². The molecule has 0 aliphatic carbocycles. The molecule has 7 heteroatoms. The number of carbonyl (C=O) groups excluding carboxylic acids is 2. The first-order valence-electron chi connectivity index (χ1n) is 4.41. The average molecular weight is 239 g/mol. The molecule has 1 heterocycles. The van der Waals surface area contributed by atoms with E-state index in [1.165, 1.54) is 7.11 Å². The molecule has 1 saturated heterocycles. The van der Waals surface area contributed by atoms with Gasteiger partial charge in [-0.1, -0.05) is 0 Å². The van der Waals surface area contributed by atoms with E-state index in [0.29, 0.717) is 13.2 Å². The van der Waals surface area contributed by atoms with Gasteiger partial charge in [-0.05, 0) is 0 Å². The van der Waals surface area contributed by atoms with Crippen molar-refractivity contribution in [2.75, 3.05) is 33.4 Å². The van der Waals surface area contributed by atoms with Gasteiger partial charge in [-0.2, -0.15) is 0 Å². The fraction of sp³-hybridized carbons (Fsp3) is 0.750. The molecule has 0 aromatic rings. The van der Waals surface area contributed by atoms with Crippen molar-refractivity contribution in [1.82, 2.24) is 10.6 Å². The summed E-state index contributed by atoms with van der Waals surface area (Å²) in [5.74, 6) is -0.760. The van der Waals surface area contributed by atoms with E-state index in [-0.39, 0.29) is 24.9 Å². The number of methoxy groups -OCH3 is 1. The third-order valence-corrected chi connectivity index (χ3v) is 1.85. The minimum Gasteiger partial charge on any atom is -0.468 e. The lowest BCUT2D eigenvalue weighted by molar-refractivity contribution is -0.143. The second kappa shape index (κ2) is 7.44. The van der Waals surface area contributed by atoms with Crippen molar-refractivity contribution in [3.63, 3.8) is 0 Å². The first-order valence-corrected chi connectivity index (χ1v) is 4.41. The summed E-state index contributed by atoms with van der Waals surface area (Å²) in [6.45, 7) is 1.62. The summed E-state index contributed by atoms with van der Waals surface area (Å²) in [4.78, 5) is 22.0. The molecule has 1 amide bonds.